The van der Waals surface area contributed by atoms with E-state index in [1.165, 1.54) is 0 Å². The molecule has 1 fully saturated rings. The van der Waals surface area contributed by atoms with E-state index in [1.54, 1.807) is 4.57 Å². The van der Waals surface area contributed by atoms with Crippen molar-refractivity contribution in [3.63, 3.8) is 0 Å². The molecule has 1 aliphatic heterocycles. The van der Waals surface area contributed by atoms with Gasteiger partial charge in [0.2, 0.25) is 0 Å². The first-order chi connectivity index (χ1) is 7.79. The summed E-state index contributed by atoms with van der Waals surface area (Å²) in [5.41, 5.74) is 2.15. The van der Waals surface area contributed by atoms with Crippen LogP contribution in [0.25, 0.3) is 11.0 Å². The smallest absolute Gasteiger partial charge is 0.315 e. The maximum atomic E-state index is 12.2. The van der Waals surface area contributed by atoms with Crippen molar-refractivity contribution in [2.45, 2.75) is 12.5 Å². The Hall–Kier alpha value is -1.26. The van der Waals surface area contributed by atoms with E-state index in [0.29, 0.717) is 6.04 Å². The number of para-hydroxylation sites is 2. The number of halogens is 1. The van der Waals surface area contributed by atoms with Crippen LogP contribution >= 0.6 is 12.4 Å². The van der Waals surface area contributed by atoms with Crippen LogP contribution < -0.4 is 11.0 Å². The van der Waals surface area contributed by atoms with E-state index in [9.17, 15) is 4.79 Å². The summed E-state index contributed by atoms with van der Waals surface area (Å²) in [6.07, 6.45) is 1.04. The first-order valence-corrected chi connectivity index (χ1v) is 5.65. The largest absolute Gasteiger partial charge is 0.329 e. The summed E-state index contributed by atoms with van der Waals surface area (Å²) in [7, 11) is 1.84. The monoisotopic (exact) mass is 253 g/mol. The van der Waals surface area contributed by atoms with E-state index < -0.39 is 0 Å². The molecule has 1 aromatic carbocycles. The molecule has 17 heavy (non-hydrogen) atoms. The third-order valence-corrected chi connectivity index (χ3v) is 3.40. The number of imidazole rings is 1. The average molecular weight is 254 g/mol. The van der Waals surface area contributed by atoms with Gasteiger partial charge in [-0.3, -0.25) is 9.13 Å². The Labute approximate surface area is 106 Å². The summed E-state index contributed by atoms with van der Waals surface area (Å²) in [5, 5.41) is 3.30. The van der Waals surface area contributed by atoms with Crippen molar-refractivity contribution in [3.8, 4) is 0 Å². The van der Waals surface area contributed by atoms with E-state index in [2.05, 4.69) is 5.32 Å². The lowest BCUT2D eigenvalue weighted by Gasteiger charge is -2.09. The fraction of sp³-hybridized carbons (Fsp3) is 0.417. The quantitative estimate of drug-likeness (QED) is 0.832. The first-order valence-electron chi connectivity index (χ1n) is 5.65. The number of hydrogen-bond donors (Lipinski definition) is 1. The van der Waals surface area contributed by atoms with Crippen molar-refractivity contribution in [2.75, 3.05) is 13.1 Å². The standard InChI is InChI=1S/C12H15N3O.ClH/c1-14-10-4-2-3-5-11(10)15(12(14)16)9-6-7-13-8-9;/h2-5,9,13H,6-8H2,1H3;1H/t9-;/m0./s1. The Kier molecular flexibility index (Phi) is 3.26. The SMILES string of the molecule is Cl.Cn1c(=O)n([C@H]2CCNC2)c2ccccc21. The van der Waals surface area contributed by atoms with E-state index in [1.807, 2.05) is 35.9 Å². The highest BCUT2D eigenvalue weighted by Gasteiger charge is 2.21. The second kappa shape index (κ2) is 4.55. The van der Waals surface area contributed by atoms with Crippen LogP contribution in [0.5, 0.6) is 0 Å². The highest BCUT2D eigenvalue weighted by molar-refractivity contribution is 5.85. The van der Waals surface area contributed by atoms with Crippen molar-refractivity contribution in [1.82, 2.24) is 14.5 Å². The van der Waals surface area contributed by atoms with Crippen molar-refractivity contribution in [2.24, 2.45) is 7.05 Å². The normalized spacial score (nSPS) is 19.5. The minimum absolute atomic E-state index is 0. The molecule has 1 saturated heterocycles. The highest BCUT2D eigenvalue weighted by atomic mass is 35.5. The predicted molar refractivity (Wildman–Crippen MR) is 71.0 cm³/mol. The summed E-state index contributed by atoms with van der Waals surface area (Å²) >= 11 is 0. The molecule has 5 heteroatoms. The molecule has 4 nitrogen and oxygen atoms in total. The van der Waals surface area contributed by atoms with Gasteiger partial charge in [0.25, 0.3) is 0 Å². The maximum Gasteiger partial charge on any atom is 0.329 e. The topological polar surface area (TPSA) is 39.0 Å². The van der Waals surface area contributed by atoms with Crippen molar-refractivity contribution >= 4 is 23.4 Å². The molecule has 0 radical (unpaired) electrons. The molecular weight excluding hydrogens is 238 g/mol. The van der Waals surface area contributed by atoms with Crippen LogP contribution in [0, 0.1) is 0 Å². The number of benzene rings is 1. The molecule has 1 aliphatic rings. The highest BCUT2D eigenvalue weighted by Crippen LogP contribution is 2.20. The van der Waals surface area contributed by atoms with E-state index >= 15 is 0 Å². The Bertz CT molecular complexity index is 581. The number of aromatic nitrogens is 2. The number of rotatable bonds is 1. The molecule has 1 atom stereocenters. The summed E-state index contributed by atoms with van der Waals surface area (Å²) < 4.78 is 3.66. The third-order valence-electron chi connectivity index (χ3n) is 3.40. The van der Waals surface area contributed by atoms with Gasteiger partial charge in [0, 0.05) is 13.6 Å². The minimum Gasteiger partial charge on any atom is -0.315 e. The van der Waals surface area contributed by atoms with Gasteiger partial charge in [0.15, 0.2) is 0 Å². The van der Waals surface area contributed by atoms with Gasteiger partial charge in [-0.1, -0.05) is 12.1 Å². The summed E-state index contributed by atoms with van der Waals surface area (Å²) in [6, 6.07) is 8.28. The van der Waals surface area contributed by atoms with Gasteiger partial charge >= 0.3 is 5.69 Å². The Morgan fingerprint density at radius 3 is 2.65 bits per heavy atom. The van der Waals surface area contributed by atoms with Gasteiger partial charge in [0.05, 0.1) is 17.1 Å². The molecule has 92 valence electrons. The first kappa shape index (κ1) is 12.2. The Morgan fingerprint density at radius 1 is 1.29 bits per heavy atom. The molecule has 0 amide bonds. The van der Waals surface area contributed by atoms with Gasteiger partial charge in [0.1, 0.15) is 0 Å². The lowest BCUT2D eigenvalue weighted by Crippen LogP contribution is -2.27. The zero-order valence-corrected chi connectivity index (χ0v) is 10.5. The third kappa shape index (κ3) is 1.77. The molecule has 3 rings (SSSR count). The molecule has 0 unspecified atom stereocenters. The molecule has 1 N–H and O–H groups in total. The molecule has 0 aliphatic carbocycles. The van der Waals surface area contributed by atoms with Crippen molar-refractivity contribution < 1.29 is 0 Å². The van der Waals surface area contributed by atoms with Crippen LogP contribution in [0.15, 0.2) is 29.1 Å². The van der Waals surface area contributed by atoms with Gasteiger partial charge in [-0.05, 0) is 25.1 Å². The zero-order valence-electron chi connectivity index (χ0n) is 9.72. The number of aryl methyl sites for hydroxylation is 1. The van der Waals surface area contributed by atoms with Crippen LogP contribution in [-0.2, 0) is 7.05 Å². The Balaban J connectivity index is 0.00000108. The molecule has 2 aromatic rings. The summed E-state index contributed by atoms with van der Waals surface area (Å²) in [5.74, 6) is 0. The van der Waals surface area contributed by atoms with E-state index in [0.717, 1.165) is 30.5 Å². The van der Waals surface area contributed by atoms with Crippen LogP contribution in [0.1, 0.15) is 12.5 Å². The fourth-order valence-corrected chi connectivity index (χ4v) is 2.53. The van der Waals surface area contributed by atoms with Gasteiger partial charge < -0.3 is 5.32 Å². The minimum atomic E-state index is 0. The number of fused-ring (bicyclic) bond motifs is 1. The van der Waals surface area contributed by atoms with Gasteiger partial charge in [-0.2, -0.15) is 0 Å². The van der Waals surface area contributed by atoms with Crippen LogP contribution in [-0.4, -0.2) is 22.2 Å². The number of nitrogens with one attached hydrogen (secondary N) is 1. The molecule has 1 aromatic heterocycles. The lowest BCUT2D eigenvalue weighted by atomic mass is 10.2. The van der Waals surface area contributed by atoms with Crippen LogP contribution in [0.4, 0.5) is 0 Å². The lowest BCUT2D eigenvalue weighted by molar-refractivity contribution is 0.535. The molecule has 0 spiro atoms. The predicted octanol–water partition coefficient (Wildman–Crippen LogP) is 1.30. The zero-order chi connectivity index (χ0) is 11.1. The Morgan fingerprint density at radius 2 is 2.00 bits per heavy atom. The fourth-order valence-electron chi connectivity index (χ4n) is 2.53. The van der Waals surface area contributed by atoms with Crippen molar-refractivity contribution in [3.05, 3.63) is 34.7 Å². The van der Waals surface area contributed by atoms with Crippen molar-refractivity contribution in [1.29, 1.82) is 0 Å². The van der Waals surface area contributed by atoms with Gasteiger partial charge in [-0.15, -0.1) is 12.4 Å². The second-order valence-corrected chi connectivity index (χ2v) is 4.35. The molecule has 0 saturated carbocycles. The van der Waals surface area contributed by atoms with Gasteiger partial charge in [-0.25, -0.2) is 4.79 Å². The number of hydrogen-bond acceptors (Lipinski definition) is 2. The maximum absolute atomic E-state index is 12.2. The second-order valence-electron chi connectivity index (χ2n) is 4.35. The average Bonchev–Trinajstić information content (AvgIpc) is 2.89. The summed E-state index contributed by atoms with van der Waals surface area (Å²) in [4.78, 5) is 12.2. The summed E-state index contributed by atoms with van der Waals surface area (Å²) in [6.45, 7) is 1.90. The van der Waals surface area contributed by atoms with E-state index in [-0.39, 0.29) is 18.1 Å². The molecule has 0 bridgehead atoms. The number of nitrogens with zero attached hydrogens (tertiary/aromatic N) is 2. The molecular formula is C12H16ClN3O. The molecule has 2 heterocycles. The van der Waals surface area contributed by atoms with Crippen LogP contribution in [0.3, 0.4) is 0 Å². The van der Waals surface area contributed by atoms with Crippen LogP contribution in [0.2, 0.25) is 0 Å². The van der Waals surface area contributed by atoms with E-state index in [4.69, 9.17) is 0 Å².